The Kier molecular flexibility index (Phi) is 7.66. The van der Waals surface area contributed by atoms with Crippen LogP contribution in [0.25, 0.3) is 0 Å². The summed E-state index contributed by atoms with van der Waals surface area (Å²) >= 11 is 0. The average molecular weight is 275 g/mol. The number of hydrogen-bond acceptors (Lipinski definition) is 5. The number of urea groups is 1. The van der Waals surface area contributed by atoms with Gasteiger partial charge in [-0.15, -0.1) is 0 Å². The van der Waals surface area contributed by atoms with E-state index in [2.05, 4.69) is 20.7 Å². The molecular weight excluding hydrogens is 258 g/mol. The second-order valence-electron chi connectivity index (χ2n) is 3.49. The first-order valence-electron chi connectivity index (χ1n) is 5.45. The molecule has 0 fully saturated rings. The largest absolute Gasteiger partial charge is 0.480 e. The maximum absolute atomic E-state index is 11.3. The lowest BCUT2D eigenvalue weighted by Crippen LogP contribution is -2.47. The Morgan fingerprint density at radius 1 is 1.26 bits per heavy atom. The van der Waals surface area contributed by atoms with Crippen molar-refractivity contribution in [2.24, 2.45) is 0 Å². The second-order valence-corrected chi connectivity index (χ2v) is 3.49. The molecule has 0 aliphatic heterocycles. The van der Waals surface area contributed by atoms with Crippen LogP contribution in [0.15, 0.2) is 0 Å². The summed E-state index contributed by atoms with van der Waals surface area (Å²) in [5.74, 6) is -2.37. The summed E-state index contributed by atoms with van der Waals surface area (Å²) in [5, 5.41) is 15.6. The zero-order chi connectivity index (χ0) is 14.8. The van der Waals surface area contributed by atoms with E-state index in [1.165, 1.54) is 7.05 Å². The van der Waals surface area contributed by atoms with Gasteiger partial charge in [-0.2, -0.15) is 0 Å². The van der Waals surface area contributed by atoms with Crippen molar-refractivity contribution in [1.82, 2.24) is 16.0 Å². The highest BCUT2D eigenvalue weighted by Gasteiger charge is 2.23. The number of carboxylic acid groups (broad SMARTS) is 1. The third kappa shape index (κ3) is 7.58. The van der Waals surface area contributed by atoms with Crippen LogP contribution in [0.5, 0.6) is 0 Å². The lowest BCUT2D eigenvalue weighted by Gasteiger charge is -2.13. The molecule has 0 bridgehead atoms. The highest BCUT2D eigenvalue weighted by atomic mass is 16.5. The molecule has 108 valence electrons. The van der Waals surface area contributed by atoms with Crippen molar-refractivity contribution in [3.63, 3.8) is 0 Å². The molecule has 0 rings (SSSR count). The zero-order valence-corrected chi connectivity index (χ0v) is 10.7. The summed E-state index contributed by atoms with van der Waals surface area (Å²) in [6.45, 7) is 0.0517. The summed E-state index contributed by atoms with van der Waals surface area (Å²) in [4.78, 5) is 43.9. The minimum atomic E-state index is -1.38. The van der Waals surface area contributed by atoms with Gasteiger partial charge >= 0.3 is 18.0 Å². The molecule has 9 heteroatoms. The van der Waals surface area contributed by atoms with Crippen LogP contribution in [0.2, 0.25) is 0 Å². The number of carbonyl (C=O) groups excluding carboxylic acids is 3. The van der Waals surface area contributed by atoms with E-state index in [9.17, 15) is 19.2 Å². The Labute approximate surface area is 109 Å². The molecule has 0 saturated heterocycles. The smallest absolute Gasteiger partial charge is 0.326 e. The van der Waals surface area contributed by atoms with Crippen molar-refractivity contribution < 1.29 is 29.0 Å². The first-order valence-corrected chi connectivity index (χ1v) is 5.45. The van der Waals surface area contributed by atoms with Gasteiger partial charge in [-0.05, 0) is 0 Å². The normalized spacial score (nSPS) is 11.1. The quantitative estimate of drug-likeness (QED) is 0.415. The Bertz CT molecular complexity index is 357. The molecule has 9 nitrogen and oxygen atoms in total. The van der Waals surface area contributed by atoms with Gasteiger partial charge in [0.25, 0.3) is 0 Å². The molecule has 3 amide bonds. The molecule has 19 heavy (non-hydrogen) atoms. The van der Waals surface area contributed by atoms with Gasteiger partial charge in [0.1, 0.15) is 6.04 Å². The third-order valence-electron chi connectivity index (χ3n) is 2.12. The fourth-order valence-electron chi connectivity index (χ4n) is 1.07. The van der Waals surface area contributed by atoms with Crippen molar-refractivity contribution in [2.45, 2.75) is 18.9 Å². The van der Waals surface area contributed by atoms with E-state index < -0.39 is 30.4 Å². The highest BCUT2D eigenvalue weighted by Crippen LogP contribution is 1.95. The summed E-state index contributed by atoms with van der Waals surface area (Å²) in [6.07, 6.45) is -0.409. The lowest BCUT2D eigenvalue weighted by atomic mass is 10.2. The standard InChI is InChI=1S/C10H17N3O6/c1-11-7(14)3-4-12-10(18)13-6(9(16)17)5-8(15)19-2/h6H,3-5H2,1-2H3,(H,11,14)(H,16,17)(H2,12,13,18)/t6-/m0/s1. The van der Waals surface area contributed by atoms with Gasteiger partial charge in [0, 0.05) is 20.0 Å². The number of rotatable bonds is 7. The SMILES string of the molecule is CNC(=O)CCNC(=O)N[C@@H](CC(=O)OC)C(=O)O. The van der Waals surface area contributed by atoms with E-state index in [4.69, 9.17) is 5.11 Å². The molecular formula is C10H17N3O6. The van der Waals surface area contributed by atoms with Crippen molar-refractivity contribution in [3.8, 4) is 0 Å². The van der Waals surface area contributed by atoms with E-state index in [0.717, 1.165) is 7.11 Å². The number of esters is 1. The molecule has 0 aliphatic carbocycles. The summed E-state index contributed by atoms with van der Waals surface area (Å²) in [6, 6.07) is -2.16. The van der Waals surface area contributed by atoms with Gasteiger partial charge in [0.05, 0.1) is 13.5 Å². The fraction of sp³-hybridized carbons (Fsp3) is 0.600. The lowest BCUT2D eigenvalue weighted by molar-refractivity contribution is -0.147. The molecule has 0 radical (unpaired) electrons. The third-order valence-corrected chi connectivity index (χ3v) is 2.12. The molecule has 0 spiro atoms. The van der Waals surface area contributed by atoms with Gasteiger partial charge in [-0.25, -0.2) is 9.59 Å². The van der Waals surface area contributed by atoms with Crippen LogP contribution >= 0.6 is 0 Å². The van der Waals surface area contributed by atoms with Gasteiger partial charge in [0.2, 0.25) is 5.91 Å². The molecule has 0 unspecified atom stereocenters. The van der Waals surface area contributed by atoms with Crippen molar-refractivity contribution in [3.05, 3.63) is 0 Å². The zero-order valence-electron chi connectivity index (χ0n) is 10.7. The first kappa shape index (κ1) is 16.7. The van der Waals surface area contributed by atoms with Crippen LogP contribution in [0.3, 0.4) is 0 Å². The highest BCUT2D eigenvalue weighted by molar-refractivity contribution is 5.86. The number of nitrogens with one attached hydrogen (secondary N) is 3. The predicted octanol–water partition coefficient (Wildman–Crippen LogP) is -1.56. The minimum Gasteiger partial charge on any atom is -0.480 e. The summed E-state index contributed by atoms with van der Waals surface area (Å²) in [7, 11) is 2.57. The van der Waals surface area contributed by atoms with Gasteiger partial charge in [-0.3, -0.25) is 9.59 Å². The predicted molar refractivity (Wildman–Crippen MR) is 63.3 cm³/mol. The van der Waals surface area contributed by atoms with Crippen molar-refractivity contribution >= 4 is 23.9 Å². The average Bonchev–Trinajstić information content (AvgIpc) is 2.37. The summed E-state index contributed by atoms with van der Waals surface area (Å²) in [5.41, 5.74) is 0. The number of amides is 3. The monoisotopic (exact) mass is 275 g/mol. The van der Waals surface area contributed by atoms with Crippen molar-refractivity contribution in [1.29, 1.82) is 0 Å². The minimum absolute atomic E-state index is 0.0517. The Balaban J connectivity index is 4.14. The molecule has 0 aromatic rings. The Hall–Kier alpha value is -2.32. The second kappa shape index (κ2) is 8.72. The van der Waals surface area contributed by atoms with E-state index in [1.807, 2.05) is 0 Å². The molecule has 1 atom stereocenters. The molecule has 0 heterocycles. The fourth-order valence-corrected chi connectivity index (χ4v) is 1.07. The van der Waals surface area contributed by atoms with Crippen molar-refractivity contribution in [2.75, 3.05) is 20.7 Å². The van der Waals surface area contributed by atoms with Gasteiger partial charge < -0.3 is 25.8 Å². The molecule has 0 saturated carbocycles. The van der Waals surface area contributed by atoms with Crippen LogP contribution in [-0.2, 0) is 19.1 Å². The molecule has 0 aromatic heterocycles. The van der Waals surface area contributed by atoms with Crippen LogP contribution < -0.4 is 16.0 Å². The van der Waals surface area contributed by atoms with Crippen LogP contribution in [-0.4, -0.2) is 55.7 Å². The van der Waals surface area contributed by atoms with Crippen LogP contribution in [0, 0.1) is 0 Å². The number of carbonyl (C=O) groups is 4. The number of methoxy groups -OCH3 is 1. The first-order chi connectivity index (χ1) is 8.90. The van der Waals surface area contributed by atoms with Gasteiger partial charge in [0.15, 0.2) is 0 Å². The maximum Gasteiger partial charge on any atom is 0.326 e. The summed E-state index contributed by atoms with van der Waals surface area (Å²) < 4.78 is 4.31. The Morgan fingerprint density at radius 2 is 1.89 bits per heavy atom. The molecule has 4 N–H and O–H groups in total. The number of aliphatic carboxylic acids is 1. The van der Waals surface area contributed by atoms with E-state index in [1.54, 1.807) is 0 Å². The van der Waals surface area contributed by atoms with E-state index in [0.29, 0.717) is 0 Å². The number of hydrogen-bond donors (Lipinski definition) is 4. The van der Waals surface area contributed by atoms with Gasteiger partial charge in [-0.1, -0.05) is 0 Å². The number of ether oxygens (including phenoxy) is 1. The van der Waals surface area contributed by atoms with Crippen LogP contribution in [0.1, 0.15) is 12.8 Å². The Morgan fingerprint density at radius 3 is 2.37 bits per heavy atom. The van der Waals surface area contributed by atoms with Crippen LogP contribution in [0.4, 0.5) is 4.79 Å². The number of carboxylic acids is 1. The molecule has 0 aliphatic rings. The van der Waals surface area contributed by atoms with E-state index >= 15 is 0 Å². The maximum atomic E-state index is 11.3. The molecule has 0 aromatic carbocycles. The van der Waals surface area contributed by atoms with E-state index in [-0.39, 0.29) is 18.9 Å². The topological polar surface area (TPSA) is 134 Å².